The predicted molar refractivity (Wildman–Crippen MR) is 91.2 cm³/mol. The SMILES string of the molecule is CN1C(=O)c2ccc(F)cc2OC2CN(Cc3ccncc3Cl)CC21. The monoisotopic (exact) mass is 361 g/mol. The quantitative estimate of drug-likeness (QED) is 0.825. The van der Waals surface area contributed by atoms with Gasteiger partial charge in [-0.3, -0.25) is 14.7 Å². The maximum absolute atomic E-state index is 13.6. The van der Waals surface area contributed by atoms with E-state index in [0.717, 1.165) is 5.56 Å². The van der Waals surface area contributed by atoms with Gasteiger partial charge in [0.1, 0.15) is 17.7 Å². The number of aromatic nitrogens is 1. The molecule has 0 aliphatic carbocycles. The van der Waals surface area contributed by atoms with Crippen molar-refractivity contribution in [1.29, 1.82) is 0 Å². The summed E-state index contributed by atoms with van der Waals surface area (Å²) in [6, 6.07) is 5.85. The van der Waals surface area contributed by atoms with Gasteiger partial charge >= 0.3 is 0 Å². The van der Waals surface area contributed by atoms with Crippen molar-refractivity contribution in [2.45, 2.75) is 18.7 Å². The van der Waals surface area contributed by atoms with E-state index in [-0.39, 0.29) is 18.1 Å². The van der Waals surface area contributed by atoms with Crippen molar-refractivity contribution in [2.24, 2.45) is 0 Å². The molecule has 0 N–H and O–H groups in total. The molecule has 2 unspecified atom stereocenters. The van der Waals surface area contributed by atoms with Crippen molar-refractivity contribution >= 4 is 17.5 Å². The average Bonchev–Trinajstić information content (AvgIpc) is 2.94. The van der Waals surface area contributed by atoms with Gasteiger partial charge in [-0.1, -0.05) is 11.6 Å². The number of hydrogen-bond donors (Lipinski definition) is 0. The van der Waals surface area contributed by atoms with E-state index in [9.17, 15) is 9.18 Å². The van der Waals surface area contributed by atoms with Gasteiger partial charge in [0.15, 0.2) is 0 Å². The number of carbonyl (C=O) groups is 1. The van der Waals surface area contributed by atoms with E-state index in [1.807, 2.05) is 6.07 Å². The first-order valence-electron chi connectivity index (χ1n) is 8.07. The zero-order chi connectivity index (χ0) is 17.6. The largest absolute Gasteiger partial charge is 0.486 e. The van der Waals surface area contributed by atoms with Gasteiger partial charge in [-0.25, -0.2) is 4.39 Å². The molecule has 0 bridgehead atoms. The molecule has 1 fully saturated rings. The summed E-state index contributed by atoms with van der Waals surface area (Å²) in [4.78, 5) is 20.6. The summed E-state index contributed by atoms with van der Waals surface area (Å²) in [5, 5.41) is 0.618. The molecule has 2 atom stereocenters. The Kier molecular flexibility index (Phi) is 4.09. The van der Waals surface area contributed by atoms with Gasteiger partial charge in [0.2, 0.25) is 0 Å². The molecule has 2 aromatic rings. The molecule has 0 spiro atoms. The van der Waals surface area contributed by atoms with E-state index in [4.69, 9.17) is 16.3 Å². The number of carbonyl (C=O) groups excluding carboxylic acids is 1. The standard InChI is InChI=1S/C18H17ClFN3O2/c1-22-15-9-23(8-11-4-5-21-7-14(11)19)10-17(15)25-16-6-12(20)2-3-13(16)18(22)24/h2-7,15,17H,8-10H2,1H3. The first-order valence-corrected chi connectivity index (χ1v) is 8.45. The number of ether oxygens (including phenoxy) is 1. The number of benzene rings is 1. The number of nitrogens with zero attached hydrogens (tertiary/aromatic N) is 3. The second kappa shape index (κ2) is 6.28. The van der Waals surface area contributed by atoms with Crippen LogP contribution in [0.5, 0.6) is 5.75 Å². The molecule has 1 aromatic heterocycles. The van der Waals surface area contributed by atoms with Gasteiger partial charge in [0.25, 0.3) is 5.91 Å². The number of rotatable bonds is 2. The number of fused-ring (bicyclic) bond motifs is 2. The van der Waals surface area contributed by atoms with E-state index < -0.39 is 5.82 Å². The average molecular weight is 362 g/mol. The summed E-state index contributed by atoms with van der Waals surface area (Å²) in [5.74, 6) is -0.245. The molecule has 2 aliphatic rings. The van der Waals surface area contributed by atoms with Crippen LogP contribution in [0.25, 0.3) is 0 Å². The molecular weight excluding hydrogens is 345 g/mol. The fourth-order valence-electron chi connectivity index (χ4n) is 3.50. The van der Waals surface area contributed by atoms with Crippen LogP contribution in [-0.4, -0.2) is 53.0 Å². The van der Waals surface area contributed by atoms with Crippen LogP contribution >= 0.6 is 11.6 Å². The lowest BCUT2D eigenvalue weighted by atomic mass is 10.1. The molecule has 1 aromatic carbocycles. The Morgan fingerprint density at radius 3 is 3.00 bits per heavy atom. The van der Waals surface area contributed by atoms with E-state index in [2.05, 4.69) is 9.88 Å². The van der Waals surface area contributed by atoms with Gasteiger partial charge in [-0.2, -0.15) is 0 Å². The highest BCUT2D eigenvalue weighted by Gasteiger charge is 2.42. The third-order valence-corrected chi connectivity index (χ3v) is 5.17. The third-order valence-electron chi connectivity index (χ3n) is 4.83. The summed E-state index contributed by atoms with van der Waals surface area (Å²) >= 11 is 6.19. The number of hydrogen-bond acceptors (Lipinski definition) is 4. The molecule has 4 rings (SSSR count). The van der Waals surface area contributed by atoms with Crippen molar-refractivity contribution in [1.82, 2.24) is 14.8 Å². The van der Waals surface area contributed by atoms with E-state index in [1.54, 1.807) is 24.3 Å². The lowest BCUT2D eigenvalue weighted by molar-refractivity contribution is 0.0682. The van der Waals surface area contributed by atoms with E-state index in [1.165, 1.54) is 18.2 Å². The molecular formula is C18H17ClFN3O2. The van der Waals surface area contributed by atoms with Gasteiger partial charge < -0.3 is 9.64 Å². The number of likely N-dealkylation sites (N-methyl/N-ethyl adjacent to an activating group) is 1. The Morgan fingerprint density at radius 1 is 1.36 bits per heavy atom. The summed E-state index contributed by atoms with van der Waals surface area (Å²) in [6.07, 6.45) is 3.12. The van der Waals surface area contributed by atoms with Crippen LogP contribution in [0.4, 0.5) is 4.39 Å². The second-order valence-corrected chi connectivity index (χ2v) is 6.85. The highest BCUT2D eigenvalue weighted by molar-refractivity contribution is 6.31. The van der Waals surface area contributed by atoms with Crippen LogP contribution in [0.3, 0.4) is 0 Å². The normalized spacial score (nSPS) is 23.0. The van der Waals surface area contributed by atoms with Crippen molar-refractivity contribution in [3.8, 4) is 5.75 Å². The number of halogens is 2. The molecule has 1 amide bonds. The second-order valence-electron chi connectivity index (χ2n) is 6.44. The van der Waals surface area contributed by atoms with Gasteiger partial charge in [0, 0.05) is 45.1 Å². The number of likely N-dealkylation sites (tertiary alicyclic amines) is 1. The smallest absolute Gasteiger partial charge is 0.257 e. The third kappa shape index (κ3) is 2.96. The Morgan fingerprint density at radius 2 is 2.20 bits per heavy atom. The number of amides is 1. The van der Waals surface area contributed by atoms with Gasteiger partial charge in [0.05, 0.1) is 16.6 Å². The van der Waals surface area contributed by atoms with Crippen LogP contribution in [0.1, 0.15) is 15.9 Å². The van der Waals surface area contributed by atoms with Crippen LogP contribution in [0.2, 0.25) is 5.02 Å². The lowest BCUT2D eigenvalue weighted by Gasteiger charge is -2.25. The van der Waals surface area contributed by atoms with Crippen molar-refractivity contribution in [2.75, 3.05) is 20.1 Å². The highest BCUT2D eigenvalue weighted by atomic mass is 35.5. The lowest BCUT2D eigenvalue weighted by Crippen LogP contribution is -2.44. The maximum Gasteiger partial charge on any atom is 0.257 e. The Labute approximate surface area is 150 Å². The predicted octanol–water partition coefficient (Wildman–Crippen LogP) is 2.59. The first-order chi connectivity index (χ1) is 12.0. The minimum Gasteiger partial charge on any atom is -0.486 e. The summed E-state index contributed by atoms with van der Waals surface area (Å²) in [5.41, 5.74) is 1.38. The van der Waals surface area contributed by atoms with E-state index >= 15 is 0 Å². The summed E-state index contributed by atoms with van der Waals surface area (Å²) in [6.45, 7) is 1.95. The van der Waals surface area contributed by atoms with E-state index in [0.29, 0.717) is 36.0 Å². The maximum atomic E-state index is 13.6. The minimum atomic E-state index is -0.411. The molecule has 130 valence electrons. The topological polar surface area (TPSA) is 45.7 Å². The fraction of sp³-hybridized carbons (Fsp3) is 0.333. The molecule has 0 radical (unpaired) electrons. The van der Waals surface area contributed by atoms with Gasteiger partial charge in [-0.05, 0) is 23.8 Å². The molecule has 25 heavy (non-hydrogen) atoms. The molecule has 5 nitrogen and oxygen atoms in total. The van der Waals surface area contributed by atoms with Crippen LogP contribution < -0.4 is 4.74 Å². The fourth-order valence-corrected chi connectivity index (χ4v) is 3.68. The zero-order valence-electron chi connectivity index (χ0n) is 13.7. The minimum absolute atomic E-state index is 0.0939. The zero-order valence-corrected chi connectivity index (χ0v) is 14.4. The highest BCUT2D eigenvalue weighted by Crippen LogP contribution is 2.32. The molecule has 0 saturated carbocycles. The Hall–Kier alpha value is -2.18. The molecule has 7 heteroatoms. The summed E-state index contributed by atoms with van der Waals surface area (Å²) < 4.78 is 19.6. The first kappa shape index (κ1) is 16.3. The Bertz CT molecular complexity index is 832. The molecule has 1 saturated heterocycles. The van der Waals surface area contributed by atoms with Gasteiger partial charge in [-0.15, -0.1) is 0 Å². The van der Waals surface area contributed by atoms with Crippen LogP contribution in [0.15, 0.2) is 36.7 Å². The Balaban J connectivity index is 1.58. The molecule has 2 aliphatic heterocycles. The van der Waals surface area contributed by atoms with Crippen molar-refractivity contribution < 1.29 is 13.9 Å². The number of pyridine rings is 1. The van der Waals surface area contributed by atoms with Crippen molar-refractivity contribution in [3.05, 3.63) is 58.6 Å². The van der Waals surface area contributed by atoms with Crippen LogP contribution in [0, 0.1) is 5.82 Å². The van der Waals surface area contributed by atoms with Crippen LogP contribution in [-0.2, 0) is 6.54 Å². The van der Waals surface area contributed by atoms with Crippen molar-refractivity contribution in [3.63, 3.8) is 0 Å². The summed E-state index contributed by atoms with van der Waals surface area (Å²) in [7, 11) is 1.77. The molecule has 3 heterocycles.